The van der Waals surface area contributed by atoms with Crippen molar-refractivity contribution >= 4 is 29.9 Å². The lowest BCUT2D eigenvalue weighted by Gasteiger charge is -2.40. The van der Waals surface area contributed by atoms with E-state index in [1.54, 1.807) is 0 Å². The molecular weight excluding hydrogens is 517 g/mol. The second kappa shape index (κ2) is 15.8. The molecule has 3 rings (SSSR count). The SMILES string of the molecule is CN=C(NCCCOCC1CCOC1)NCCCN1CCN(C)CC1c1ccccc1.I. The van der Waals surface area contributed by atoms with Crippen molar-refractivity contribution in [2.45, 2.75) is 25.3 Å². The van der Waals surface area contributed by atoms with E-state index < -0.39 is 0 Å². The Morgan fingerprint density at radius 2 is 1.94 bits per heavy atom. The molecule has 0 saturated carbocycles. The minimum absolute atomic E-state index is 0. The van der Waals surface area contributed by atoms with Crippen LogP contribution in [0.1, 0.15) is 30.9 Å². The monoisotopic (exact) mass is 559 g/mol. The first-order valence-corrected chi connectivity index (χ1v) is 11.8. The summed E-state index contributed by atoms with van der Waals surface area (Å²) < 4.78 is 11.1. The molecule has 2 fully saturated rings. The topological polar surface area (TPSA) is 61.4 Å². The summed E-state index contributed by atoms with van der Waals surface area (Å²) in [6.45, 7) is 9.59. The number of benzene rings is 1. The van der Waals surface area contributed by atoms with E-state index in [1.807, 2.05) is 7.05 Å². The van der Waals surface area contributed by atoms with Gasteiger partial charge in [0, 0.05) is 71.5 Å². The van der Waals surface area contributed by atoms with Crippen LogP contribution in [-0.4, -0.2) is 95.6 Å². The van der Waals surface area contributed by atoms with Crippen molar-refractivity contribution in [1.29, 1.82) is 0 Å². The molecular formula is C24H42IN5O2. The minimum atomic E-state index is 0. The van der Waals surface area contributed by atoms with E-state index in [2.05, 4.69) is 62.8 Å². The van der Waals surface area contributed by atoms with Crippen LogP contribution in [0.2, 0.25) is 0 Å². The second-order valence-electron chi connectivity index (χ2n) is 8.66. The lowest BCUT2D eigenvalue weighted by atomic mass is 10.0. The van der Waals surface area contributed by atoms with Gasteiger partial charge in [-0.2, -0.15) is 0 Å². The molecule has 2 aliphatic rings. The molecule has 0 radical (unpaired) electrons. The number of nitrogens with zero attached hydrogens (tertiary/aromatic N) is 3. The molecule has 0 spiro atoms. The molecule has 7 nitrogen and oxygen atoms in total. The van der Waals surface area contributed by atoms with Crippen LogP contribution in [0.15, 0.2) is 35.3 Å². The van der Waals surface area contributed by atoms with Crippen molar-refractivity contribution in [3.05, 3.63) is 35.9 Å². The zero-order valence-corrected chi connectivity index (χ0v) is 22.1. The van der Waals surface area contributed by atoms with Gasteiger partial charge in [-0.15, -0.1) is 24.0 Å². The van der Waals surface area contributed by atoms with Crippen LogP contribution < -0.4 is 10.6 Å². The highest BCUT2D eigenvalue weighted by molar-refractivity contribution is 14.0. The van der Waals surface area contributed by atoms with Crippen molar-refractivity contribution in [2.24, 2.45) is 10.9 Å². The minimum Gasteiger partial charge on any atom is -0.381 e. The van der Waals surface area contributed by atoms with Crippen molar-refractivity contribution in [1.82, 2.24) is 20.4 Å². The maximum absolute atomic E-state index is 5.76. The van der Waals surface area contributed by atoms with Crippen molar-refractivity contribution in [2.75, 3.05) is 79.8 Å². The summed E-state index contributed by atoms with van der Waals surface area (Å²) in [5, 5.41) is 6.84. The number of nitrogens with one attached hydrogen (secondary N) is 2. The second-order valence-corrected chi connectivity index (χ2v) is 8.66. The number of guanidine groups is 1. The van der Waals surface area contributed by atoms with Gasteiger partial charge in [-0.1, -0.05) is 30.3 Å². The van der Waals surface area contributed by atoms with Crippen LogP contribution in [0, 0.1) is 5.92 Å². The average Bonchev–Trinajstić information content (AvgIpc) is 3.32. The smallest absolute Gasteiger partial charge is 0.190 e. The van der Waals surface area contributed by atoms with Crippen molar-refractivity contribution in [3.63, 3.8) is 0 Å². The Kier molecular flexibility index (Phi) is 13.5. The van der Waals surface area contributed by atoms with E-state index in [0.29, 0.717) is 12.0 Å². The highest BCUT2D eigenvalue weighted by Crippen LogP contribution is 2.24. The third kappa shape index (κ3) is 9.51. The Morgan fingerprint density at radius 1 is 1.16 bits per heavy atom. The molecule has 1 aromatic carbocycles. The van der Waals surface area contributed by atoms with Gasteiger partial charge < -0.3 is 25.0 Å². The van der Waals surface area contributed by atoms with Crippen LogP contribution in [0.4, 0.5) is 0 Å². The van der Waals surface area contributed by atoms with Crippen LogP contribution in [0.25, 0.3) is 0 Å². The lowest BCUT2D eigenvalue weighted by molar-refractivity contribution is 0.0886. The maximum atomic E-state index is 5.76. The number of rotatable bonds is 11. The predicted octanol–water partition coefficient (Wildman–Crippen LogP) is 2.59. The van der Waals surface area contributed by atoms with Crippen LogP contribution in [0.5, 0.6) is 0 Å². The summed E-state index contributed by atoms with van der Waals surface area (Å²) in [6, 6.07) is 11.4. The Balaban J connectivity index is 0.00000363. The Bertz CT molecular complexity index is 643. The molecule has 0 aromatic heterocycles. The average molecular weight is 560 g/mol. The van der Waals surface area contributed by atoms with Gasteiger partial charge in [0.05, 0.1) is 13.2 Å². The maximum Gasteiger partial charge on any atom is 0.190 e. The fourth-order valence-corrected chi connectivity index (χ4v) is 4.27. The third-order valence-electron chi connectivity index (χ3n) is 6.15. The van der Waals surface area contributed by atoms with E-state index in [9.17, 15) is 0 Å². The fraction of sp³-hybridized carbons (Fsp3) is 0.708. The van der Waals surface area contributed by atoms with E-state index in [0.717, 1.165) is 90.9 Å². The number of likely N-dealkylation sites (N-methyl/N-ethyl adjacent to an activating group) is 1. The molecule has 2 aliphatic heterocycles. The summed E-state index contributed by atoms with van der Waals surface area (Å²) >= 11 is 0. The van der Waals surface area contributed by atoms with Gasteiger partial charge in [0.15, 0.2) is 5.96 Å². The van der Waals surface area contributed by atoms with Gasteiger partial charge in [0.1, 0.15) is 0 Å². The number of halogens is 1. The van der Waals surface area contributed by atoms with Crippen LogP contribution in [-0.2, 0) is 9.47 Å². The largest absolute Gasteiger partial charge is 0.381 e. The zero-order valence-electron chi connectivity index (χ0n) is 19.8. The molecule has 32 heavy (non-hydrogen) atoms. The molecule has 8 heteroatoms. The number of hydrogen-bond acceptors (Lipinski definition) is 5. The molecule has 0 amide bonds. The number of hydrogen-bond donors (Lipinski definition) is 2. The van der Waals surface area contributed by atoms with Gasteiger partial charge in [-0.3, -0.25) is 9.89 Å². The zero-order chi connectivity index (χ0) is 21.7. The molecule has 2 N–H and O–H groups in total. The highest BCUT2D eigenvalue weighted by atomic mass is 127. The predicted molar refractivity (Wildman–Crippen MR) is 142 cm³/mol. The molecule has 1 aromatic rings. The summed E-state index contributed by atoms with van der Waals surface area (Å²) in [6.07, 6.45) is 3.21. The first kappa shape index (κ1) is 27.3. The number of ether oxygens (including phenoxy) is 2. The van der Waals surface area contributed by atoms with E-state index in [-0.39, 0.29) is 24.0 Å². The number of piperazine rings is 1. The summed E-state index contributed by atoms with van der Waals surface area (Å²) in [5.41, 5.74) is 1.42. The fourth-order valence-electron chi connectivity index (χ4n) is 4.27. The first-order chi connectivity index (χ1) is 15.3. The Hall–Kier alpha value is -0.940. The van der Waals surface area contributed by atoms with Gasteiger partial charge >= 0.3 is 0 Å². The highest BCUT2D eigenvalue weighted by Gasteiger charge is 2.25. The Labute approximate surface area is 211 Å². The van der Waals surface area contributed by atoms with E-state index in [4.69, 9.17) is 9.47 Å². The molecule has 2 saturated heterocycles. The van der Waals surface area contributed by atoms with Crippen LogP contribution >= 0.6 is 24.0 Å². The lowest BCUT2D eigenvalue weighted by Crippen LogP contribution is -2.47. The molecule has 0 bridgehead atoms. The standard InChI is InChI=1S/C24H41N5O2.HI/c1-25-24(27-12-7-16-30-19-21-10-17-31-20-21)26-11-6-13-29-15-14-28(2)18-23(29)22-8-4-3-5-9-22;/h3-5,8-9,21,23H,6-7,10-20H2,1-2H3,(H2,25,26,27);1H. The summed E-state index contributed by atoms with van der Waals surface area (Å²) in [7, 11) is 4.05. The summed E-state index contributed by atoms with van der Waals surface area (Å²) in [5.74, 6) is 1.46. The molecule has 0 aliphatic carbocycles. The van der Waals surface area contributed by atoms with E-state index in [1.165, 1.54) is 5.56 Å². The number of aliphatic imine (C=N–C) groups is 1. The third-order valence-corrected chi connectivity index (χ3v) is 6.15. The molecule has 2 unspecified atom stereocenters. The molecule has 182 valence electrons. The van der Waals surface area contributed by atoms with Gasteiger partial charge in [0.2, 0.25) is 0 Å². The van der Waals surface area contributed by atoms with E-state index >= 15 is 0 Å². The molecule has 2 heterocycles. The van der Waals surface area contributed by atoms with Gasteiger partial charge in [0.25, 0.3) is 0 Å². The van der Waals surface area contributed by atoms with Gasteiger partial charge in [-0.05, 0) is 31.9 Å². The Morgan fingerprint density at radius 3 is 2.66 bits per heavy atom. The quantitative estimate of drug-likeness (QED) is 0.188. The van der Waals surface area contributed by atoms with Crippen molar-refractivity contribution in [3.8, 4) is 0 Å². The first-order valence-electron chi connectivity index (χ1n) is 11.8. The van der Waals surface area contributed by atoms with Crippen molar-refractivity contribution < 1.29 is 9.47 Å². The van der Waals surface area contributed by atoms with Gasteiger partial charge in [-0.25, -0.2) is 0 Å². The van der Waals surface area contributed by atoms with Crippen LogP contribution in [0.3, 0.4) is 0 Å². The normalized spacial score (nSPS) is 22.5. The summed E-state index contributed by atoms with van der Waals surface area (Å²) in [4.78, 5) is 9.40. The molecule has 2 atom stereocenters.